The van der Waals surface area contributed by atoms with Crippen LogP contribution in [0.4, 0.5) is 0 Å². The number of para-hydroxylation sites is 2. The molecule has 0 aliphatic rings. The van der Waals surface area contributed by atoms with E-state index in [9.17, 15) is 4.79 Å². The maximum atomic E-state index is 12.5. The van der Waals surface area contributed by atoms with Crippen molar-refractivity contribution in [2.45, 2.75) is 18.9 Å². The highest BCUT2D eigenvalue weighted by atomic mass is 16.5. The Bertz CT molecular complexity index is 953. The van der Waals surface area contributed by atoms with E-state index in [1.54, 1.807) is 0 Å². The molecule has 0 amide bonds. The molecule has 4 nitrogen and oxygen atoms in total. The quantitative estimate of drug-likeness (QED) is 0.451. The van der Waals surface area contributed by atoms with E-state index in [0.717, 1.165) is 16.6 Å². The first-order valence-corrected chi connectivity index (χ1v) is 8.89. The van der Waals surface area contributed by atoms with E-state index in [2.05, 4.69) is 4.98 Å². The SMILES string of the molecule is O=C(CC(c1ccccc1)c1ccccc1)OCc1nc2ccccc2o1. The first-order valence-electron chi connectivity index (χ1n) is 8.89. The second-order valence-electron chi connectivity index (χ2n) is 6.31. The molecule has 4 heteroatoms. The molecule has 0 bridgehead atoms. The van der Waals surface area contributed by atoms with Gasteiger partial charge in [0.1, 0.15) is 5.52 Å². The number of benzene rings is 3. The number of fused-ring (bicyclic) bond motifs is 1. The molecule has 0 aliphatic carbocycles. The van der Waals surface area contributed by atoms with Crippen LogP contribution in [0.2, 0.25) is 0 Å². The molecule has 4 aromatic rings. The Morgan fingerprint density at radius 2 is 1.44 bits per heavy atom. The standard InChI is InChI=1S/C23H19NO3/c25-23(26-16-22-24-20-13-7-8-14-21(20)27-22)15-19(17-9-3-1-4-10-17)18-11-5-2-6-12-18/h1-14,19H,15-16H2. The second kappa shape index (κ2) is 7.87. The number of carbonyl (C=O) groups excluding carboxylic acids is 1. The van der Waals surface area contributed by atoms with Crippen LogP contribution in [0.5, 0.6) is 0 Å². The van der Waals surface area contributed by atoms with E-state index in [1.807, 2.05) is 84.9 Å². The average Bonchev–Trinajstić information content (AvgIpc) is 3.15. The first kappa shape index (κ1) is 17.0. The molecule has 3 aromatic carbocycles. The van der Waals surface area contributed by atoms with Gasteiger partial charge in [-0.05, 0) is 23.3 Å². The van der Waals surface area contributed by atoms with Crippen molar-refractivity contribution in [3.63, 3.8) is 0 Å². The Balaban J connectivity index is 1.47. The summed E-state index contributed by atoms with van der Waals surface area (Å²) in [6.07, 6.45) is 0.258. The predicted molar refractivity (Wildman–Crippen MR) is 103 cm³/mol. The van der Waals surface area contributed by atoms with Gasteiger partial charge >= 0.3 is 5.97 Å². The van der Waals surface area contributed by atoms with Crippen LogP contribution < -0.4 is 0 Å². The van der Waals surface area contributed by atoms with E-state index < -0.39 is 0 Å². The molecule has 0 saturated heterocycles. The molecular formula is C23H19NO3. The third-order valence-electron chi connectivity index (χ3n) is 4.47. The molecule has 4 rings (SSSR count). The Kier molecular flexibility index (Phi) is 4.97. The third-order valence-corrected chi connectivity index (χ3v) is 4.47. The van der Waals surface area contributed by atoms with Crippen molar-refractivity contribution in [1.29, 1.82) is 0 Å². The fraction of sp³-hybridized carbons (Fsp3) is 0.130. The van der Waals surface area contributed by atoms with Crippen molar-refractivity contribution in [1.82, 2.24) is 4.98 Å². The Morgan fingerprint density at radius 1 is 0.852 bits per heavy atom. The van der Waals surface area contributed by atoms with Gasteiger partial charge in [0.15, 0.2) is 12.2 Å². The molecule has 0 spiro atoms. The predicted octanol–water partition coefficient (Wildman–Crippen LogP) is 5.09. The van der Waals surface area contributed by atoms with E-state index in [1.165, 1.54) is 0 Å². The van der Waals surface area contributed by atoms with Gasteiger partial charge in [-0.1, -0.05) is 72.8 Å². The summed E-state index contributed by atoms with van der Waals surface area (Å²) in [7, 11) is 0. The number of esters is 1. The lowest BCUT2D eigenvalue weighted by molar-refractivity contribution is -0.145. The van der Waals surface area contributed by atoms with Gasteiger partial charge in [0, 0.05) is 5.92 Å². The number of aromatic nitrogens is 1. The highest BCUT2D eigenvalue weighted by molar-refractivity contribution is 5.73. The average molecular weight is 357 g/mol. The minimum Gasteiger partial charge on any atom is -0.456 e. The van der Waals surface area contributed by atoms with Crippen molar-refractivity contribution in [3.8, 4) is 0 Å². The molecule has 1 aromatic heterocycles. The largest absolute Gasteiger partial charge is 0.456 e. The minimum atomic E-state index is -0.282. The molecule has 0 N–H and O–H groups in total. The van der Waals surface area contributed by atoms with E-state index in [-0.39, 0.29) is 24.9 Å². The maximum absolute atomic E-state index is 12.5. The van der Waals surface area contributed by atoms with E-state index in [4.69, 9.17) is 9.15 Å². The van der Waals surface area contributed by atoms with Crippen LogP contribution >= 0.6 is 0 Å². The van der Waals surface area contributed by atoms with Crippen LogP contribution in [0.25, 0.3) is 11.1 Å². The van der Waals surface area contributed by atoms with Crippen LogP contribution in [0, 0.1) is 0 Å². The van der Waals surface area contributed by atoms with Crippen LogP contribution in [0.15, 0.2) is 89.3 Å². The Labute approximate surface area is 157 Å². The Morgan fingerprint density at radius 3 is 2.07 bits per heavy atom. The third kappa shape index (κ3) is 4.06. The molecule has 0 saturated carbocycles. The van der Waals surface area contributed by atoms with Crippen LogP contribution in [-0.2, 0) is 16.1 Å². The molecule has 0 fully saturated rings. The summed E-state index contributed by atoms with van der Waals surface area (Å²) in [5, 5.41) is 0. The lowest BCUT2D eigenvalue weighted by atomic mass is 9.89. The van der Waals surface area contributed by atoms with Gasteiger partial charge in [0.2, 0.25) is 5.89 Å². The van der Waals surface area contributed by atoms with Crippen molar-refractivity contribution in [3.05, 3.63) is 102 Å². The summed E-state index contributed by atoms with van der Waals surface area (Å²) < 4.78 is 11.0. The molecule has 134 valence electrons. The molecule has 0 radical (unpaired) electrons. The van der Waals surface area contributed by atoms with Crippen molar-refractivity contribution >= 4 is 17.1 Å². The lowest BCUT2D eigenvalue weighted by Crippen LogP contribution is -2.12. The second-order valence-corrected chi connectivity index (χ2v) is 6.31. The zero-order valence-corrected chi connectivity index (χ0v) is 14.7. The van der Waals surface area contributed by atoms with Gasteiger partial charge in [-0.25, -0.2) is 4.98 Å². The fourth-order valence-corrected chi connectivity index (χ4v) is 3.15. The van der Waals surface area contributed by atoms with Gasteiger partial charge in [-0.3, -0.25) is 4.79 Å². The molecular weight excluding hydrogens is 338 g/mol. The molecule has 0 aliphatic heterocycles. The van der Waals surface area contributed by atoms with Gasteiger partial charge in [0.25, 0.3) is 0 Å². The maximum Gasteiger partial charge on any atom is 0.307 e. The highest BCUT2D eigenvalue weighted by Gasteiger charge is 2.19. The van der Waals surface area contributed by atoms with Gasteiger partial charge in [-0.15, -0.1) is 0 Å². The fourth-order valence-electron chi connectivity index (χ4n) is 3.15. The molecule has 0 atom stereocenters. The van der Waals surface area contributed by atoms with Crippen molar-refractivity contribution in [2.24, 2.45) is 0 Å². The number of ether oxygens (including phenoxy) is 1. The zero-order valence-electron chi connectivity index (χ0n) is 14.7. The number of nitrogens with zero attached hydrogens (tertiary/aromatic N) is 1. The van der Waals surface area contributed by atoms with Gasteiger partial charge < -0.3 is 9.15 Å². The highest BCUT2D eigenvalue weighted by Crippen LogP contribution is 2.28. The van der Waals surface area contributed by atoms with E-state index >= 15 is 0 Å². The molecule has 0 unspecified atom stereocenters. The van der Waals surface area contributed by atoms with Crippen molar-refractivity contribution in [2.75, 3.05) is 0 Å². The normalized spacial score (nSPS) is 11.0. The number of hydrogen-bond donors (Lipinski definition) is 0. The summed E-state index contributed by atoms with van der Waals surface area (Å²) in [5.41, 5.74) is 3.62. The van der Waals surface area contributed by atoms with Gasteiger partial charge in [0.05, 0.1) is 6.42 Å². The van der Waals surface area contributed by atoms with Crippen molar-refractivity contribution < 1.29 is 13.9 Å². The number of oxazole rings is 1. The van der Waals surface area contributed by atoms with Gasteiger partial charge in [-0.2, -0.15) is 0 Å². The summed E-state index contributed by atoms with van der Waals surface area (Å²) in [5.74, 6) is 0.0685. The summed E-state index contributed by atoms with van der Waals surface area (Å²) in [6, 6.07) is 27.5. The number of rotatable bonds is 6. The summed E-state index contributed by atoms with van der Waals surface area (Å²) in [4.78, 5) is 16.8. The Hall–Kier alpha value is -3.40. The van der Waals surface area contributed by atoms with Crippen LogP contribution in [0.3, 0.4) is 0 Å². The summed E-state index contributed by atoms with van der Waals surface area (Å²) in [6.45, 7) is 0.0316. The van der Waals surface area contributed by atoms with E-state index in [0.29, 0.717) is 11.5 Å². The van der Waals surface area contributed by atoms with Crippen LogP contribution in [-0.4, -0.2) is 11.0 Å². The minimum absolute atomic E-state index is 0.0316. The molecule has 1 heterocycles. The topological polar surface area (TPSA) is 52.3 Å². The lowest BCUT2D eigenvalue weighted by Gasteiger charge is -2.17. The first-order chi connectivity index (χ1) is 13.3. The zero-order chi connectivity index (χ0) is 18.5. The van der Waals surface area contributed by atoms with Crippen LogP contribution in [0.1, 0.15) is 29.4 Å². The molecule has 27 heavy (non-hydrogen) atoms. The monoisotopic (exact) mass is 357 g/mol. The smallest absolute Gasteiger partial charge is 0.307 e. The number of hydrogen-bond acceptors (Lipinski definition) is 4. The summed E-state index contributed by atoms with van der Waals surface area (Å²) >= 11 is 0. The number of carbonyl (C=O) groups is 1.